The lowest BCUT2D eigenvalue weighted by Gasteiger charge is -2.27. The fraction of sp³-hybridized carbons (Fsp3) is 0.909. The van der Waals surface area contributed by atoms with Crippen molar-refractivity contribution in [3.63, 3.8) is 0 Å². The zero-order chi connectivity index (χ0) is 10.9. The molecule has 2 aliphatic rings. The van der Waals surface area contributed by atoms with Crippen molar-refractivity contribution in [2.75, 3.05) is 32.8 Å². The van der Waals surface area contributed by atoms with E-state index in [1.54, 1.807) is 0 Å². The highest BCUT2D eigenvalue weighted by Gasteiger charge is 2.33. The Morgan fingerprint density at radius 1 is 1.53 bits per heavy atom. The van der Waals surface area contributed by atoms with Gasteiger partial charge in [-0.25, -0.2) is 4.79 Å². The summed E-state index contributed by atoms with van der Waals surface area (Å²) in [6.07, 6.45) is 0.945. The first kappa shape index (κ1) is 10.7. The molecule has 0 unspecified atom stereocenters. The van der Waals surface area contributed by atoms with Crippen LogP contribution in [0.4, 0.5) is 4.79 Å². The Morgan fingerprint density at radius 2 is 2.27 bits per heavy atom. The number of nitrogens with one attached hydrogen (secondary N) is 1. The predicted octanol–water partition coefficient (Wildman–Crippen LogP) is 1.07. The first-order chi connectivity index (χ1) is 7.07. The maximum absolute atomic E-state index is 11.7. The second-order valence-electron chi connectivity index (χ2n) is 5.44. The van der Waals surface area contributed by atoms with Crippen molar-refractivity contribution < 1.29 is 9.53 Å². The van der Waals surface area contributed by atoms with Gasteiger partial charge in [0.2, 0.25) is 0 Å². The Hall–Kier alpha value is -0.770. The summed E-state index contributed by atoms with van der Waals surface area (Å²) in [5.41, 5.74) is 0.261. The standard InChI is InChI=1S/C11H20N2O2/c1-11(2)3-4-13(8-11)10(14)15-7-9-5-12-6-9/h9,12H,3-8H2,1-2H3. The van der Waals surface area contributed by atoms with Crippen LogP contribution in [0.1, 0.15) is 20.3 Å². The van der Waals surface area contributed by atoms with Gasteiger partial charge in [-0.1, -0.05) is 13.8 Å². The Morgan fingerprint density at radius 3 is 2.73 bits per heavy atom. The largest absolute Gasteiger partial charge is 0.449 e. The SMILES string of the molecule is CC1(C)CCN(C(=O)OCC2CNC2)C1. The summed E-state index contributed by atoms with van der Waals surface area (Å²) in [6, 6.07) is 0. The van der Waals surface area contributed by atoms with Crippen LogP contribution in [-0.2, 0) is 4.74 Å². The van der Waals surface area contributed by atoms with Crippen molar-refractivity contribution in [3.8, 4) is 0 Å². The van der Waals surface area contributed by atoms with E-state index in [-0.39, 0.29) is 11.5 Å². The van der Waals surface area contributed by atoms with Gasteiger partial charge in [0.15, 0.2) is 0 Å². The predicted molar refractivity (Wildman–Crippen MR) is 57.7 cm³/mol. The van der Waals surface area contributed by atoms with E-state index < -0.39 is 0 Å². The molecule has 1 N–H and O–H groups in total. The normalized spacial score (nSPS) is 25.1. The van der Waals surface area contributed by atoms with Gasteiger partial charge in [-0.05, 0) is 11.8 Å². The highest BCUT2D eigenvalue weighted by atomic mass is 16.6. The third-order valence-corrected chi connectivity index (χ3v) is 3.24. The van der Waals surface area contributed by atoms with E-state index in [4.69, 9.17) is 4.74 Å². The average Bonchev–Trinajstić information content (AvgIpc) is 2.43. The minimum atomic E-state index is -0.132. The van der Waals surface area contributed by atoms with E-state index >= 15 is 0 Å². The molecule has 0 radical (unpaired) electrons. The van der Waals surface area contributed by atoms with E-state index in [9.17, 15) is 4.79 Å². The van der Waals surface area contributed by atoms with Crippen molar-refractivity contribution in [1.82, 2.24) is 10.2 Å². The third-order valence-electron chi connectivity index (χ3n) is 3.24. The molecule has 0 saturated carbocycles. The molecule has 0 aliphatic carbocycles. The van der Waals surface area contributed by atoms with Crippen molar-refractivity contribution in [2.24, 2.45) is 11.3 Å². The van der Waals surface area contributed by atoms with Crippen LogP contribution in [0.25, 0.3) is 0 Å². The topological polar surface area (TPSA) is 41.6 Å². The first-order valence-corrected chi connectivity index (χ1v) is 5.69. The number of hydrogen-bond donors (Lipinski definition) is 1. The van der Waals surface area contributed by atoms with Crippen LogP contribution in [-0.4, -0.2) is 43.8 Å². The Balaban J connectivity index is 1.71. The lowest BCUT2D eigenvalue weighted by molar-refractivity contribution is 0.0813. The van der Waals surface area contributed by atoms with Gasteiger partial charge in [0, 0.05) is 32.1 Å². The molecule has 2 rings (SSSR count). The van der Waals surface area contributed by atoms with Crippen molar-refractivity contribution in [2.45, 2.75) is 20.3 Å². The quantitative estimate of drug-likeness (QED) is 0.744. The third kappa shape index (κ3) is 2.62. The van der Waals surface area contributed by atoms with Crippen molar-refractivity contribution in [3.05, 3.63) is 0 Å². The maximum atomic E-state index is 11.7. The van der Waals surface area contributed by atoms with E-state index in [0.717, 1.165) is 32.6 Å². The van der Waals surface area contributed by atoms with Gasteiger partial charge in [0.25, 0.3) is 0 Å². The van der Waals surface area contributed by atoms with E-state index in [1.807, 2.05) is 4.90 Å². The second-order valence-corrected chi connectivity index (χ2v) is 5.44. The number of ether oxygens (including phenoxy) is 1. The lowest BCUT2D eigenvalue weighted by Crippen LogP contribution is -2.45. The molecule has 0 aromatic heterocycles. The number of likely N-dealkylation sites (tertiary alicyclic amines) is 1. The zero-order valence-corrected chi connectivity index (χ0v) is 9.58. The molecule has 2 heterocycles. The Bertz CT molecular complexity index is 249. The molecule has 4 heteroatoms. The van der Waals surface area contributed by atoms with Gasteiger partial charge in [-0.3, -0.25) is 0 Å². The Labute approximate surface area is 91.0 Å². The zero-order valence-electron chi connectivity index (χ0n) is 9.58. The minimum Gasteiger partial charge on any atom is -0.449 e. The van der Waals surface area contributed by atoms with Crippen LogP contribution in [0.5, 0.6) is 0 Å². The second kappa shape index (κ2) is 4.00. The molecule has 86 valence electrons. The van der Waals surface area contributed by atoms with E-state index in [0.29, 0.717) is 12.5 Å². The number of amides is 1. The van der Waals surface area contributed by atoms with Gasteiger partial charge in [0.05, 0.1) is 6.61 Å². The number of hydrogen-bond acceptors (Lipinski definition) is 3. The number of carbonyl (C=O) groups is 1. The molecule has 0 bridgehead atoms. The van der Waals surface area contributed by atoms with E-state index in [2.05, 4.69) is 19.2 Å². The first-order valence-electron chi connectivity index (χ1n) is 5.69. The molecule has 4 nitrogen and oxygen atoms in total. The van der Waals surface area contributed by atoms with Crippen LogP contribution in [0.2, 0.25) is 0 Å². The molecule has 1 amide bonds. The molecule has 15 heavy (non-hydrogen) atoms. The highest BCUT2D eigenvalue weighted by molar-refractivity contribution is 5.68. The summed E-state index contributed by atoms with van der Waals surface area (Å²) in [5, 5.41) is 3.16. The number of rotatable bonds is 2. The molecule has 0 spiro atoms. The van der Waals surface area contributed by atoms with Gasteiger partial charge >= 0.3 is 6.09 Å². The minimum absolute atomic E-state index is 0.132. The van der Waals surface area contributed by atoms with E-state index in [1.165, 1.54) is 0 Å². The van der Waals surface area contributed by atoms with Gasteiger partial charge in [-0.2, -0.15) is 0 Å². The van der Waals surface area contributed by atoms with Gasteiger partial charge < -0.3 is 15.0 Å². The van der Waals surface area contributed by atoms with Crippen LogP contribution >= 0.6 is 0 Å². The summed E-state index contributed by atoms with van der Waals surface area (Å²) in [5.74, 6) is 0.532. The smallest absolute Gasteiger partial charge is 0.409 e. The molecule has 0 atom stereocenters. The van der Waals surface area contributed by atoms with Crippen molar-refractivity contribution in [1.29, 1.82) is 0 Å². The fourth-order valence-electron chi connectivity index (χ4n) is 2.01. The summed E-state index contributed by atoms with van der Waals surface area (Å²) in [7, 11) is 0. The van der Waals surface area contributed by atoms with Gasteiger partial charge in [0.1, 0.15) is 0 Å². The van der Waals surface area contributed by atoms with Crippen LogP contribution in [0.15, 0.2) is 0 Å². The lowest BCUT2D eigenvalue weighted by atomic mass is 9.93. The summed E-state index contributed by atoms with van der Waals surface area (Å²) >= 11 is 0. The highest BCUT2D eigenvalue weighted by Crippen LogP contribution is 2.29. The fourth-order valence-corrected chi connectivity index (χ4v) is 2.01. The molecular weight excluding hydrogens is 192 g/mol. The Kier molecular flexibility index (Phi) is 2.87. The summed E-state index contributed by atoms with van der Waals surface area (Å²) in [4.78, 5) is 13.5. The van der Waals surface area contributed by atoms with Crippen LogP contribution in [0, 0.1) is 11.3 Å². The summed E-state index contributed by atoms with van der Waals surface area (Å²) in [6.45, 7) is 8.59. The summed E-state index contributed by atoms with van der Waals surface area (Å²) < 4.78 is 5.27. The monoisotopic (exact) mass is 212 g/mol. The molecule has 0 aromatic rings. The molecule has 2 saturated heterocycles. The number of carbonyl (C=O) groups excluding carboxylic acids is 1. The van der Waals surface area contributed by atoms with Gasteiger partial charge in [-0.15, -0.1) is 0 Å². The molecule has 2 fully saturated rings. The average molecular weight is 212 g/mol. The molecular formula is C11H20N2O2. The van der Waals surface area contributed by atoms with Crippen molar-refractivity contribution >= 4 is 6.09 Å². The molecule has 2 aliphatic heterocycles. The van der Waals surface area contributed by atoms with Crippen LogP contribution < -0.4 is 5.32 Å². The number of nitrogens with zero attached hydrogens (tertiary/aromatic N) is 1. The maximum Gasteiger partial charge on any atom is 0.409 e. The molecule has 0 aromatic carbocycles. The van der Waals surface area contributed by atoms with Crippen LogP contribution in [0.3, 0.4) is 0 Å².